The third-order valence-electron chi connectivity index (χ3n) is 4.44. The molecule has 2 aromatic rings. The summed E-state index contributed by atoms with van der Waals surface area (Å²) >= 11 is 0. The van der Waals surface area contributed by atoms with E-state index in [1.54, 1.807) is 11.1 Å². The van der Waals surface area contributed by atoms with E-state index in [-0.39, 0.29) is 5.91 Å². The summed E-state index contributed by atoms with van der Waals surface area (Å²) in [4.78, 5) is 30.0. The molecule has 0 unspecified atom stereocenters. The number of pyridine rings is 1. The maximum absolute atomic E-state index is 12.8. The van der Waals surface area contributed by atoms with Gasteiger partial charge in [-0.15, -0.1) is 0 Å². The molecule has 0 aliphatic heterocycles. The van der Waals surface area contributed by atoms with Gasteiger partial charge in [-0.05, 0) is 44.0 Å². The van der Waals surface area contributed by atoms with Crippen LogP contribution in [0.4, 0.5) is 0 Å². The molecule has 2 heterocycles. The molecule has 6 nitrogen and oxygen atoms in total. The molecule has 1 N–H and O–H groups in total. The van der Waals surface area contributed by atoms with Crippen LogP contribution in [0.15, 0.2) is 40.9 Å². The van der Waals surface area contributed by atoms with E-state index in [1.807, 2.05) is 37.3 Å². The number of aryl methyl sites for hydroxylation is 1. The number of furan rings is 1. The second kappa shape index (κ2) is 6.86. The fourth-order valence-corrected chi connectivity index (χ4v) is 2.98. The quantitative estimate of drug-likeness (QED) is 0.881. The van der Waals surface area contributed by atoms with Crippen LogP contribution in [-0.2, 0) is 22.7 Å². The van der Waals surface area contributed by atoms with Gasteiger partial charge in [-0.1, -0.05) is 6.07 Å². The van der Waals surface area contributed by atoms with Gasteiger partial charge < -0.3 is 14.4 Å². The molecule has 0 aromatic carbocycles. The summed E-state index contributed by atoms with van der Waals surface area (Å²) in [5.74, 6) is -0.616. The summed E-state index contributed by atoms with van der Waals surface area (Å²) in [6, 6.07) is 9.22. The van der Waals surface area contributed by atoms with Crippen LogP contribution in [0, 0.1) is 18.8 Å². The summed E-state index contributed by atoms with van der Waals surface area (Å²) in [5.41, 5.74) is 0.764. The number of hydrogen-bond acceptors (Lipinski definition) is 4. The number of carbonyl (C=O) groups excluding carboxylic acids is 1. The Kier molecular flexibility index (Phi) is 4.64. The molecule has 0 radical (unpaired) electrons. The zero-order valence-electron chi connectivity index (χ0n) is 13.5. The zero-order chi connectivity index (χ0) is 17.1. The summed E-state index contributed by atoms with van der Waals surface area (Å²) in [6.07, 6.45) is 2.85. The molecule has 1 saturated carbocycles. The van der Waals surface area contributed by atoms with Gasteiger partial charge in [-0.2, -0.15) is 0 Å². The SMILES string of the molecule is Cc1ccc(CN(Cc2ccccn2)C(=O)[C@@H]2CC[C@@H]2C(=O)O)o1. The van der Waals surface area contributed by atoms with Crippen molar-refractivity contribution in [1.82, 2.24) is 9.88 Å². The summed E-state index contributed by atoms with van der Waals surface area (Å²) in [5, 5.41) is 9.22. The third-order valence-corrected chi connectivity index (χ3v) is 4.44. The first kappa shape index (κ1) is 16.2. The third kappa shape index (κ3) is 3.48. The first-order valence-electron chi connectivity index (χ1n) is 8.01. The van der Waals surface area contributed by atoms with E-state index in [4.69, 9.17) is 4.42 Å². The predicted octanol–water partition coefficient (Wildman–Crippen LogP) is 2.62. The number of hydrogen-bond donors (Lipinski definition) is 1. The molecule has 1 amide bonds. The van der Waals surface area contributed by atoms with Crippen molar-refractivity contribution in [2.75, 3.05) is 0 Å². The lowest BCUT2D eigenvalue weighted by Crippen LogP contribution is -2.45. The molecular weight excluding hydrogens is 308 g/mol. The van der Waals surface area contributed by atoms with Crippen LogP contribution in [0.2, 0.25) is 0 Å². The molecule has 6 heteroatoms. The molecule has 1 aliphatic carbocycles. The van der Waals surface area contributed by atoms with Gasteiger partial charge in [0, 0.05) is 6.20 Å². The van der Waals surface area contributed by atoms with Crippen LogP contribution >= 0.6 is 0 Å². The van der Waals surface area contributed by atoms with Crippen molar-refractivity contribution in [3.63, 3.8) is 0 Å². The summed E-state index contributed by atoms with van der Waals surface area (Å²) in [7, 11) is 0. The Bertz CT molecular complexity index is 726. The van der Waals surface area contributed by atoms with Gasteiger partial charge in [0.1, 0.15) is 11.5 Å². The number of carbonyl (C=O) groups is 2. The number of rotatable bonds is 6. The summed E-state index contributed by atoms with van der Waals surface area (Å²) < 4.78 is 5.58. The highest BCUT2D eigenvalue weighted by Crippen LogP contribution is 2.36. The Morgan fingerprint density at radius 2 is 2.00 bits per heavy atom. The van der Waals surface area contributed by atoms with Gasteiger partial charge in [0.2, 0.25) is 5.91 Å². The Labute approximate surface area is 140 Å². The lowest BCUT2D eigenvalue weighted by Gasteiger charge is -2.36. The monoisotopic (exact) mass is 328 g/mol. The predicted molar refractivity (Wildman–Crippen MR) is 85.8 cm³/mol. The van der Waals surface area contributed by atoms with Crippen molar-refractivity contribution in [3.8, 4) is 0 Å². The van der Waals surface area contributed by atoms with Crippen molar-refractivity contribution >= 4 is 11.9 Å². The smallest absolute Gasteiger partial charge is 0.307 e. The normalized spacial score (nSPS) is 19.5. The minimum absolute atomic E-state index is 0.145. The fraction of sp³-hybridized carbons (Fsp3) is 0.389. The molecule has 24 heavy (non-hydrogen) atoms. The number of carboxylic acids is 1. The molecule has 0 spiro atoms. The van der Waals surface area contributed by atoms with Crippen LogP contribution in [0.1, 0.15) is 30.1 Å². The van der Waals surface area contributed by atoms with E-state index in [9.17, 15) is 14.7 Å². The highest BCUT2D eigenvalue weighted by Gasteiger charge is 2.43. The van der Waals surface area contributed by atoms with E-state index in [0.29, 0.717) is 31.7 Å². The van der Waals surface area contributed by atoms with E-state index in [2.05, 4.69) is 4.98 Å². The molecule has 3 rings (SSSR count). The van der Waals surface area contributed by atoms with Crippen LogP contribution in [0.25, 0.3) is 0 Å². The van der Waals surface area contributed by atoms with Gasteiger partial charge in [0.05, 0.1) is 30.6 Å². The number of amides is 1. The van der Waals surface area contributed by atoms with E-state index < -0.39 is 17.8 Å². The second-order valence-electron chi connectivity index (χ2n) is 6.16. The van der Waals surface area contributed by atoms with Crippen LogP contribution in [0.5, 0.6) is 0 Å². The minimum Gasteiger partial charge on any atom is -0.481 e. The first-order valence-corrected chi connectivity index (χ1v) is 8.01. The first-order chi connectivity index (χ1) is 11.5. The lowest BCUT2D eigenvalue weighted by molar-refractivity contribution is -0.157. The largest absolute Gasteiger partial charge is 0.481 e. The van der Waals surface area contributed by atoms with E-state index in [1.165, 1.54) is 0 Å². The van der Waals surface area contributed by atoms with Crippen molar-refractivity contribution in [3.05, 3.63) is 53.7 Å². The molecule has 126 valence electrons. The summed E-state index contributed by atoms with van der Waals surface area (Å²) in [6.45, 7) is 2.50. The molecule has 2 atom stereocenters. The molecular formula is C18H20N2O4. The molecule has 1 fully saturated rings. The van der Waals surface area contributed by atoms with Crippen LogP contribution in [-0.4, -0.2) is 26.9 Å². The Balaban J connectivity index is 1.78. The van der Waals surface area contributed by atoms with Crippen molar-refractivity contribution in [2.24, 2.45) is 11.8 Å². The van der Waals surface area contributed by atoms with Gasteiger partial charge in [-0.25, -0.2) is 0 Å². The lowest BCUT2D eigenvalue weighted by atomic mass is 9.73. The van der Waals surface area contributed by atoms with Gasteiger partial charge >= 0.3 is 5.97 Å². The highest BCUT2D eigenvalue weighted by atomic mass is 16.4. The number of aliphatic carboxylic acids is 1. The Morgan fingerprint density at radius 1 is 1.21 bits per heavy atom. The fourth-order valence-electron chi connectivity index (χ4n) is 2.98. The van der Waals surface area contributed by atoms with Crippen molar-refractivity contribution in [2.45, 2.75) is 32.9 Å². The van der Waals surface area contributed by atoms with Gasteiger partial charge in [0.15, 0.2) is 0 Å². The second-order valence-corrected chi connectivity index (χ2v) is 6.16. The molecule has 0 saturated heterocycles. The Hall–Kier alpha value is -2.63. The Morgan fingerprint density at radius 3 is 2.54 bits per heavy atom. The van der Waals surface area contributed by atoms with E-state index >= 15 is 0 Å². The maximum Gasteiger partial charge on any atom is 0.307 e. The van der Waals surface area contributed by atoms with E-state index in [0.717, 1.165) is 11.5 Å². The maximum atomic E-state index is 12.8. The van der Waals surface area contributed by atoms with Crippen LogP contribution in [0.3, 0.4) is 0 Å². The standard InChI is InChI=1S/C18H20N2O4/c1-12-5-6-14(24-12)11-20(10-13-4-2-3-9-19-13)17(21)15-7-8-16(15)18(22)23/h2-6,9,15-16H,7-8,10-11H2,1H3,(H,22,23)/t15-,16+/m1/s1. The number of nitrogens with zero attached hydrogens (tertiary/aromatic N) is 2. The highest BCUT2D eigenvalue weighted by molar-refractivity contribution is 5.86. The topological polar surface area (TPSA) is 83.6 Å². The molecule has 0 bridgehead atoms. The van der Waals surface area contributed by atoms with Gasteiger partial charge in [0.25, 0.3) is 0 Å². The molecule has 2 aromatic heterocycles. The molecule has 1 aliphatic rings. The zero-order valence-corrected chi connectivity index (χ0v) is 13.5. The van der Waals surface area contributed by atoms with Gasteiger partial charge in [-0.3, -0.25) is 14.6 Å². The average molecular weight is 328 g/mol. The average Bonchev–Trinajstić information content (AvgIpc) is 2.91. The minimum atomic E-state index is -0.897. The van der Waals surface area contributed by atoms with Crippen LogP contribution < -0.4 is 0 Å². The van der Waals surface area contributed by atoms with Crippen molar-refractivity contribution < 1.29 is 19.1 Å². The van der Waals surface area contributed by atoms with Crippen molar-refractivity contribution in [1.29, 1.82) is 0 Å². The number of carboxylic acid groups (broad SMARTS) is 1. The number of aromatic nitrogens is 1.